The highest BCUT2D eigenvalue weighted by molar-refractivity contribution is 6.21. The predicted molar refractivity (Wildman–Crippen MR) is 208 cm³/mol. The lowest BCUT2D eigenvalue weighted by Gasteiger charge is -2.36. The fourth-order valence-corrected chi connectivity index (χ4v) is 9.82. The van der Waals surface area contributed by atoms with Gasteiger partial charge in [0.05, 0.1) is 28.5 Å². The molecule has 0 fully saturated rings. The van der Waals surface area contributed by atoms with E-state index in [9.17, 15) is 0 Å². The van der Waals surface area contributed by atoms with Crippen LogP contribution in [-0.2, 0) is 0 Å². The van der Waals surface area contributed by atoms with Gasteiger partial charge < -0.3 is 15.5 Å². The molecule has 5 unspecified atom stereocenters. The third kappa shape index (κ3) is 4.16. The first-order valence-electron chi connectivity index (χ1n) is 18.5. The molecule has 0 saturated heterocycles. The van der Waals surface area contributed by atoms with Crippen LogP contribution in [0.1, 0.15) is 48.5 Å². The Bertz CT molecular complexity index is 2670. The largest absolute Gasteiger partial charge is 0.338 e. The number of aromatic nitrogens is 1. The average molecular weight is 664 g/mol. The van der Waals surface area contributed by atoms with Crippen molar-refractivity contribution in [3.8, 4) is 11.1 Å². The van der Waals surface area contributed by atoms with Crippen LogP contribution in [0.4, 0.5) is 5.69 Å². The molecule has 0 spiro atoms. The Balaban J connectivity index is 1.24. The Hall–Kier alpha value is -5.62. The Labute approximate surface area is 297 Å². The number of para-hydroxylation sites is 2. The van der Waals surface area contributed by atoms with Gasteiger partial charge in [-0.1, -0.05) is 110 Å². The Kier molecular flexibility index (Phi) is 6.25. The van der Waals surface area contributed by atoms with E-state index >= 15 is 0 Å². The van der Waals surface area contributed by atoms with Gasteiger partial charge in [0.2, 0.25) is 12.0 Å². The van der Waals surface area contributed by atoms with Crippen LogP contribution in [0, 0.1) is 5.92 Å². The van der Waals surface area contributed by atoms with E-state index in [0.29, 0.717) is 5.92 Å². The Morgan fingerprint density at radius 2 is 1.65 bits per heavy atom. The highest BCUT2D eigenvalue weighted by Crippen LogP contribution is 2.61. The van der Waals surface area contributed by atoms with E-state index in [1.165, 1.54) is 83.0 Å². The monoisotopic (exact) mass is 663 g/mol. The molecule has 4 aliphatic rings. The molecule has 0 bridgehead atoms. The van der Waals surface area contributed by atoms with Crippen LogP contribution in [0.25, 0.3) is 49.1 Å². The average Bonchev–Trinajstić information content (AvgIpc) is 3.87. The van der Waals surface area contributed by atoms with E-state index in [-0.39, 0.29) is 24.2 Å². The first kappa shape index (κ1) is 29.1. The zero-order valence-electron chi connectivity index (χ0n) is 28.8. The number of hydrogen-bond acceptors (Lipinski definition) is 2. The molecule has 2 aromatic heterocycles. The summed E-state index contributed by atoms with van der Waals surface area (Å²) >= 11 is 0. The van der Waals surface area contributed by atoms with E-state index < -0.39 is 0 Å². The summed E-state index contributed by atoms with van der Waals surface area (Å²) in [5.74, 6) is 2.01. The summed E-state index contributed by atoms with van der Waals surface area (Å²) in [4.78, 5) is 2.70. The third-order valence-corrected chi connectivity index (χ3v) is 12.0. The minimum atomic E-state index is 0.0495. The number of anilines is 1. The minimum absolute atomic E-state index is 0.0495. The van der Waals surface area contributed by atoms with Crippen LogP contribution in [-0.4, -0.2) is 16.6 Å². The van der Waals surface area contributed by atoms with Crippen LogP contribution >= 0.6 is 0 Å². The van der Waals surface area contributed by atoms with Crippen LogP contribution < -0.4 is 21.3 Å². The van der Waals surface area contributed by atoms with Gasteiger partial charge in [0.1, 0.15) is 0 Å². The second-order valence-corrected chi connectivity index (χ2v) is 15.1. The number of rotatable bonds is 4. The van der Waals surface area contributed by atoms with Crippen LogP contribution in [0.2, 0.25) is 0 Å². The fourth-order valence-electron chi connectivity index (χ4n) is 9.82. The summed E-state index contributed by atoms with van der Waals surface area (Å²) < 4.78 is 2.66. The maximum Gasteiger partial charge on any atom is 0.214 e. The van der Waals surface area contributed by atoms with E-state index in [1.807, 2.05) is 0 Å². The molecule has 2 aliphatic heterocycles. The normalized spacial score (nSPS) is 23.8. The Morgan fingerprint density at radius 3 is 2.51 bits per heavy atom. The summed E-state index contributed by atoms with van der Waals surface area (Å²) in [6, 6.07) is 39.2. The standard InChI is InChI=1S/C46H39N5/c1-27-11-2-3-12-28(23-27)24-40(49-37-21-22-48-46(37)47)50-38-20-9-8-17-34(38)41-31-15-6-7-16-32(31)42-35-19-10-18-33-36-25-29-13-4-5-14-30(29)26-39(36)51(43(33)35)45(42)44(41)50/h2-10,12-22,24-27,37,41,44,46,48-49H,11,23,47H2,1H3/p+2/b40-24-. The number of quaternary nitrogens is 2. The lowest BCUT2D eigenvalue weighted by atomic mass is 9.76. The van der Waals surface area contributed by atoms with Gasteiger partial charge in [-0.15, -0.1) is 0 Å². The number of hydrogen-bond donors (Lipinski definition) is 3. The van der Waals surface area contributed by atoms with Crippen molar-refractivity contribution < 1.29 is 11.1 Å². The van der Waals surface area contributed by atoms with Gasteiger partial charge >= 0.3 is 0 Å². The number of fused-ring (bicyclic) bond motifs is 14. The van der Waals surface area contributed by atoms with Crippen molar-refractivity contribution in [1.82, 2.24) is 9.72 Å². The maximum absolute atomic E-state index is 4.50. The number of nitrogens with zero attached hydrogens (tertiary/aromatic N) is 2. The molecule has 0 radical (unpaired) electrons. The molecular weight excluding hydrogens is 623 g/mol. The molecule has 5 aromatic carbocycles. The van der Waals surface area contributed by atoms with Gasteiger partial charge in [-0.2, -0.15) is 0 Å². The van der Waals surface area contributed by atoms with Crippen molar-refractivity contribution in [3.63, 3.8) is 0 Å². The SMILES string of the molecule is CC1CC=CC=C(/C=C(/[NH2+]C2C=CNC2[NH3+])N2c3ccccc3C3c4ccccc4-c4c(n5c6cc7ccccc7cc6c6cccc4c65)C32)C1. The summed E-state index contributed by atoms with van der Waals surface area (Å²) in [7, 11) is 0. The number of benzene rings is 5. The van der Waals surface area contributed by atoms with Gasteiger partial charge in [0.15, 0.2) is 6.04 Å². The maximum atomic E-state index is 4.50. The van der Waals surface area contributed by atoms with Crippen molar-refractivity contribution in [2.75, 3.05) is 4.90 Å². The third-order valence-electron chi connectivity index (χ3n) is 12.0. The summed E-state index contributed by atoms with van der Waals surface area (Å²) in [6.45, 7) is 2.37. The van der Waals surface area contributed by atoms with Gasteiger partial charge in [-0.25, -0.2) is 0 Å². The number of nitrogens with one attached hydrogen (secondary N) is 1. The van der Waals surface area contributed by atoms with Gasteiger partial charge in [-0.3, -0.25) is 10.2 Å². The molecule has 5 atom stereocenters. The first-order valence-corrected chi connectivity index (χ1v) is 18.5. The van der Waals surface area contributed by atoms with Crippen molar-refractivity contribution in [3.05, 3.63) is 168 Å². The van der Waals surface area contributed by atoms with Crippen LogP contribution in [0.15, 0.2) is 151 Å². The second-order valence-electron chi connectivity index (χ2n) is 15.1. The minimum Gasteiger partial charge on any atom is -0.338 e. The zero-order chi connectivity index (χ0) is 33.8. The fraction of sp³-hybridized carbons (Fsp3) is 0.174. The molecule has 7 aromatic rings. The van der Waals surface area contributed by atoms with Gasteiger partial charge in [-0.05, 0) is 76.1 Å². The topological polar surface area (TPSA) is 63.9 Å². The van der Waals surface area contributed by atoms with Gasteiger partial charge in [0, 0.05) is 39.9 Å². The molecule has 2 aliphatic carbocycles. The molecular formula is C46H41N5+2. The molecule has 248 valence electrons. The molecule has 4 heterocycles. The molecule has 5 nitrogen and oxygen atoms in total. The molecule has 0 saturated carbocycles. The van der Waals surface area contributed by atoms with Crippen molar-refractivity contribution in [2.24, 2.45) is 5.92 Å². The zero-order valence-corrected chi connectivity index (χ0v) is 28.8. The molecule has 11 rings (SSSR count). The van der Waals surface area contributed by atoms with E-state index in [1.54, 1.807) is 0 Å². The smallest absolute Gasteiger partial charge is 0.214 e. The van der Waals surface area contributed by atoms with Gasteiger partial charge in [0.25, 0.3) is 0 Å². The lowest BCUT2D eigenvalue weighted by molar-refractivity contribution is -0.667. The van der Waals surface area contributed by atoms with E-state index in [0.717, 1.165) is 12.8 Å². The van der Waals surface area contributed by atoms with Crippen molar-refractivity contribution in [1.29, 1.82) is 0 Å². The van der Waals surface area contributed by atoms with E-state index in [2.05, 4.69) is 172 Å². The van der Waals surface area contributed by atoms with Crippen LogP contribution in [0.5, 0.6) is 0 Å². The quantitative estimate of drug-likeness (QED) is 0.180. The molecule has 5 heteroatoms. The highest BCUT2D eigenvalue weighted by Gasteiger charge is 2.50. The first-order chi connectivity index (χ1) is 25.1. The van der Waals surface area contributed by atoms with E-state index in [4.69, 9.17) is 0 Å². The lowest BCUT2D eigenvalue weighted by Crippen LogP contribution is -2.96. The molecule has 51 heavy (non-hydrogen) atoms. The summed E-state index contributed by atoms with van der Waals surface area (Å²) in [6.07, 6.45) is 16.0. The van der Waals surface area contributed by atoms with Crippen molar-refractivity contribution >= 4 is 43.7 Å². The number of allylic oxidation sites excluding steroid dienone is 5. The van der Waals surface area contributed by atoms with Crippen molar-refractivity contribution in [2.45, 2.75) is 43.9 Å². The number of nitrogens with two attached hydrogens (primary N) is 1. The Morgan fingerprint density at radius 1 is 0.863 bits per heavy atom. The molecule has 6 N–H and O–H groups in total. The second kappa shape index (κ2) is 10.9. The predicted octanol–water partition coefficient (Wildman–Crippen LogP) is 7.88. The van der Waals surface area contributed by atoms with Crippen LogP contribution in [0.3, 0.4) is 0 Å². The molecule has 0 amide bonds. The highest BCUT2D eigenvalue weighted by atomic mass is 15.3. The summed E-state index contributed by atoms with van der Waals surface area (Å²) in [5, 5.41) is 12.5. The summed E-state index contributed by atoms with van der Waals surface area (Å²) in [5.41, 5.74) is 16.7.